The summed E-state index contributed by atoms with van der Waals surface area (Å²) in [6, 6.07) is 8.77. The van der Waals surface area contributed by atoms with Crippen LogP contribution in [-0.2, 0) is 14.2 Å². The topological polar surface area (TPSA) is 44.8 Å². The Hall–Kier alpha value is -1.91. The maximum atomic E-state index is 12.1. The highest BCUT2D eigenvalue weighted by molar-refractivity contribution is 5.90. The average Bonchev–Trinajstić information content (AvgIpc) is 2.50. The first kappa shape index (κ1) is 14.5. The summed E-state index contributed by atoms with van der Waals surface area (Å²) in [6.07, 6.45) is 3.84. The van der Waals surface area contributed by atoms with Gasteiger partial charge in [0.05, 0.1) is 5.56 Å². The molecule has 0 fully saturated rings. The van der Waals surface area contributed by atoms with E-state index in [1.807, 2.05) is 6.07 Å². The minimum absolute atomic E-state index is 0.323. The molecule has 0 atom stereocenters. The summed E-state index contributed by atoms with van der Waals surface area (Å²) >= 11 is 0. The Bertz CT molecular complexity index is 539. The number of rotatable bonds is 4. The fourth-order valence-electron chi connectivity index (χ4n) is 2.04. The second kappa shape index (κ2) is 6.03. The Kier molecular flexibility index (Phi) is 4.37. The summed E-state index contributed by atoms with van der Waals surface area (Å²) in [5, 5.41) is 0. The summed E-state index contributed by atoms with van der Waals surface area (Å²) in [7, 11) is 3.01. The monoisotopic (exact) mass is 273 g/mol. The van der Waals surface area contributed by atoms with Gasteiger partial charge in [0.1, 0.15) is 0 Å². The number of esters is 1. The molecule has 0 N–H and O–H groups in total. The third kappa shape index (κ3) is 2.81. The van der Waals surface area contributed by atoms with Gasteiger partial charge < -0.3 is 14.2 Å². The van der Waals surface area contributed by atoms with E-state index >= 15 is 0 Å². The number of hydrogen-bond donors (Lipinski definition) is 0. The summed E-state index contributed by atoms with van der Waals surface area (Å²) < 4.78 is 16.2. The number of ether oxygens (including phenoxy) is 3. The number of hydrogen-bond acceptors (Lipinski definition) is 4. The Morgan fingerprint density at radius 3 is 2.40 bits per heavy atom. The Balaban J connectivity index is 2.24. The van der Waals surface area contributed by atoms with Gasteiger partial charge in [0.15, 0.2) is 5.76 Å². The third-order valence-corrected chi connectivity index (χ3v) is 3.18. The van der Waals surface area contributed by atoms with Crippen LogP contribution in [0, 0.1) is 6.92 Å². The molecule has 0 spiro atoms. The predicted molar refractivity (Wildman–Crippen MR) is 74.7 cm³/mol. The number of carbonyl (C=O) groups is 1. The largest absolute Gasteiger partial charge is 0.422 e. The van der Waals surface area contributed by atoms with E-state index in [-0.39, 0.29) is 0 Å². The summed E-state index contributed by atoms with van der Waals surface area (Å²) in [5.41, 5.74) is 1.31. The quantitative estimate of drug-likeness (QED) is 0.625. The maximum Gasteiger partial charge on any atom is 0.343 e. The molecule has 0 bridgehead atoms. The van der Waals surface area contributed by atoms with E-state index in [1.165, 1.54) is 14.2 Å². The number of carbonyl (C=O) groups excluding carboxylic acids is 1. The van der Waals surface area contributed by atoms with Crippen LogP contribution >= 0.6 is 0 Å². The molecule has 1 radical (unpaired) electrons. The van der Waals surface area contributed by atoms with Gasteiger partial charge in [-0.25, -0.2) is 4.79 Å². The molecule has 0 saturated heterocycles. The van der Waals surface area contributed by atoms with E-state index in [0.717, 1.165) is 5.57 Å². The van der Waals surface area contributed by atoms with Gasteiger partial charge in [-0.05, 0) is 25.1 Å². The van der Waals surface area contributed by atoms with Gasteiger partial charge in [-0.1, -0.05) is 29.8 Å². The Morgan fingerprint density at radius 2 is 1.80 bits per heavy atom. The number of methoxy groups -OCH3 is 2. The molecule has 0 heterocycles. The van der Waals surface area contributed by atoms with E-state index in [9.17, 15) is 4.79 Å². The molecule has 105 valence electrons. The molecule has 1 aliphatic carbocycles. The highest BCUT2D eigenvalue weighted by atomic mass is 16.7. The minimum Gasteiger partial charge on any atom is -0.422 e. The zero-order valence-electron chi connectivity index (χ0n) is 11.6. The maximum absolute atomic E-state index is 12.1. The lowest BCUT2D eigenvalue weighted by atomic mass is 9.98. The SMILES string of the molecule is [CH2]C1=CC=C(OC(=O)c2ccccc2)C(OC)(OC)C1. The second-order valence-corrected chi connectivity index (χ2v) is 4.45. The molecule has 1 aromatic carbocycles. The van der Waals surface area contributed by atoms with Crippen LogP contribution < -0.4 is 0 Å². The van der Waals surface area contributed by atoms with Crippen LogP contribution in [0.5, 0.6) is 0 Å². The molecule has 0 saturated carbocycles. The van der Waals surface area contributed by atoms with Crippen molar-refractivity contribution in [1.29, 1.82) is 0 Å². The molecule has 4 nitrogen and oxygen atoms in total. The standard InChI is InChI=1S/C16H17O4/c1-12-9-10-14(16(11-12,18-2)19-3)20-15(17)13-7-5-4-6-8-13/h4-10H,1,11H2,2-3H3. The van der Waals surface area contributed by atoms with Crippen LogP contribution in [0.1, 0.15) is 16.8 Å². The molecule has 1 aliphatic rings. The zero-order chi connectivity index (χ0) is 14.6. The zero-order valence-corrected chi connectivity index (χ0v) is 11.6. The van der Waals surface area contributed by atoms with E-state index in [2.05, 4.69) is 6.92 Å². The molecule has 0 unspecified atom stereocenters. The van der Waals surface area contributed by atoms with Gasteiger partial charge in [-0.2, -0.15) is 0 Å². The van der Waals surface area contributed by atoms with Gasteiger partial charge in [0.25, 0.3) is 0 Å². The second-order valence-electron chi connectivity index (χ2n) is 4.45. The molecule has 0 aliphatic heterocycles. The first-order valence-corrected chi connectivity index (χ1v) is 6.22. The van der Waals surface area contributed by atoms with Crippen molar-refractivity contribution in [3.05, 3.63) is 66.3 Å². The van der Waals surface area contributed by atoms with Crippen molar-refractivity contribution in [2.45, 2.75) is 12.2 Å². The first-order valence-electron chi connectivity index (χ1n) is 6.22. The molecule has 20 heavy (non-hydrogen) atoms. The van der Waals surface area contributed by atoms with E-state index in [0.29, 0.717) is 17.7 Å². The van der Waals surface area contributed by atoms with Gasteiger partial charge in [0, 0.05) is 20.6 Å². The minimum atomic E-state index is -1.10. The first-order chi connectivity index (χ1) is 9.61. The summed E-state index contributed by atoms with van der Waals surface area (Å²) in [4.78, 5) is 12.1. The third-order valence-electron chi connectivity index (χ3n) is 3.18. The Labute approximate surface area is 118 Å². The van der Waals surface area contributed by atoms with Crippen molar-refractivity contribution >= 4 is 5.97 Å². The van der Waals surface area contributed by atoms with Crippen LogP contribution in [0.25, 0.3) is 0 Å². The van der Waals surface area contributed by atoms with E-state index in [4.69, 9.17) is 14.2 Å². The van der Waals surface area contributed by atoms with Gasteiger partial charge in [0.2, 0.25) is 5.79 Å². The van der Waals surface area contributed by atoms with Crippen molar-refractivity contribution < 1.29 is 19.0 Å². The fourth-order valence-corrected chi connectivity index (χ4v) is 2.04. The smallest absolute Gasteiger partial charge is 0.343 e. The molecule has 0 aromatic heterocycles. The van der Waals surface area contributed by atoms with Crippen LogP contribution in [0.3, 0.4) is 0 Å². The molecular weight excluding hydrogens is 256 g/mol. The van der Waals surface area contributed by atoms with Crippen LogP contribution in [-0.4, -0.2) is 26.0 Å². The molecule has 2 rings (SSSR count). The van der Waals surface area contributed by atoms with Crippen LogP contribution in [0.2, 0.25) is 0 Å². The van der Waals surface area contributed by atoms with Crippen molar-refractivity contribution in [1.82, 2.24) is 0 Å². The van der Waals surface area contributed by atoms with Crippen molar-refractivity contribution in [2.75, 3.05) is 14.2 Å². The van der Waals surface area contributed by atoms with Crippen LogP contribution in [0.15, 0.2) is 53.8 Å². The molecule has 4 heteroatoms. The lowest BCUT2D eigenvalue weighted by Crippen LogP contribution is -2.39. The van der Waals surface area contributed by atoms with Crippen molar-refractivity contribution in [3.63, 3.8) is 0 Å². The van der Waals surface area contributed by atoms with Crippen LogP contribution in [0.4, 0.5) is 0 Å². The Morgan fingerprint density at radius 1 is 1.15 bits per heavy atom. The summed E-state index contributed by atoms with van der Waals surface area (Å²) in [6.45, 7) is 3.88. The van der Waals surface area contributed by atoms with Gasteiger partial charge in [-0.3, -0.25) is 0 Å². The van der Waals surface area contributed by atoms with Crippen molar-refractivity contribution in [3.8, 4) is 0 Å². The molecular formula is C16H17O4. The van der Waals surface area contributed by atoms with Gasteiger partial charge in [-0.15, -0.1) is 0 Å². The molecule has 0 amide bonds. The highest BCUT2D eigenvalue weighted by Gasteiger charge is 2.39. The van der Waals surface area contributed by atoms with E-state index < -0.39 is 11.8 Å². The summed E-state index contributed by atoms with van der Waals surface area (Å²) in [5.74, 6) is -1.23. The number of benzene rings is 1. The molecule has 1 aromatic rings. The normalized spacial score (nSPS) is 17.1. The average molecular weight is 273 g/mol. The fraction of sp³-hybridized carbons (Fsp3) is 0.250. The van der Waals surface area contributed by atoms with Crippen molar-refractivity contribution in [2.24, 2.45) is 0 Å². The van der Waals surface area contributed by atoms with Gasteiger partial charge >= 0.3 is 5.97 Å². The van der Waals surface area contributed by atoms with E-state index in [1.54, 1.807) is 36.4 Å². The highest BCUT2D eigenvalue weighted by Crippen LogP contribution is 2.34. The predicted octanol–water partition coefficient (Wildman–Crippen LogP) is 2.88. The number of allylic oxidation sites excluding steroid dienone is 2. The lowest BCUT2D eigenvalue weighted by Gasteiger charge is -2.34. The lowest BCUT2D eigenvalue weighted by molar-refractivity contribution is -0.197.